The minimum atomic E-state index is -0.939. The van der Waals surface area contributed by atoms with Crippen molar-refractivity contribution in [1.29, 1.82) is 0 Å². The van der Waals surface area contributed by atoms with Crippen molar-refractivity contribution >= 4 is 22.9 Å². The first-order valence-electron chi connectivity index (χ1n) is 12.5. The van der Waals surface area contributed by atoms with Crippen molar-refractivity contribution < 1.29 is 14.0 Å². The van der Waals surface area contributed by atoms with Gasteiger partial charge in [-0.3, -0.25) is 14.5 Å². The van der Waals surface area contributed by atoms with Crippen LogP contribution in [0, 0.1) is 6.92 Å². The van der Waals surface area contributed by atoms with Gasteiger partial charge in [0.05, 0.1) is 12.1 Å². The molecule has 1 saturated heterocycles. The zero-order valence-corrected chi connectivity index (χ0v) is 20.2. The number of hydrogen-bond acceptors (Lipinski definition) is 5. The van der Waals surface area contributed by atoms with Crippen LogP contribution in [0.4, 0.5) is 0 Å². The summed E-state index contributed by atoms with van der Waals surface area (Å²) in [6.07, 6.45) is 5.60. The maximum atomic E-state index is 13.8. The number of carbonyl (C=O) groups excluding carboxylic acids is 2. The molecule has 33 heavy (non-hydrogen) atoms. The number of nitrogens with one attached hydrogen (secondary N) is 1. The normalized spacial score (nSPS) is 25.5. The molecule has 2 fully saturated rings. The SMILES string of the molecule is Cc1cc2c(cc3n2C[C@@](C)(C(=O)NC2CCCCC2)N(CCN2CCN(C)CC2)C3=O)o1. The van der Waals surface area contributed by atoms with Crippen molar-refractivity contribution in [2.24, 2.45) is 0 Å². The lowest BCUT2D eigenvalue weighted by Gasteiger charge is -2.45. The highest BCUT2D eigenvalue weighted by Crippen LogP contribution is 2.34. The van der Waals surface area contributed by atoms with Crippen LogP contribution in [0.3, 0.4) is 0 Å². The Morgan fingerprint density at radius 3 is 2.58 bits per heavy atom. The Hall–Kier alpha value is -2.32. The first-order valence-corrected chi connectivity index (χ1v) is 12.5. The van der Waals surface area contributed by atoms with Crippen LogP contribution in [-0.4, -0.2) is 89.0 Å². The number of nitrogens with zero attached hydrogens (tertiary/aromatic N) is 4. The van der Waals surface area contributed by atoms with E-state index in [0.29, 0.717) is 24.4 Å². The Morgan fingerprint density at radius 2 is 1.85 bits per heavy atom. The van der Waals surface area contributed by atoms with Crippen LogP contribution in [0.25, 0.3) is 11.1 Å². The van der Waals surface area contributed by atoms with E-state index in [1.54, 1.807) is 0 Å². The van der Waals surface area contributed by atoms with Crippen LogP contribution >= 0.6 is 0 Å². The first-order chi connectivity index (χ1) is 15.8. The minimum Gasteiger partial charge on any atom is -0.460 e. The van der Waals surface area contributed by atoms with Gasteiger partial charge >= 0.3 is 0 Å². The third-order valence-electron chi connectivity index (χ3n) is 7.90. The fourth-order valence-electron chi connectivity index (χ4n) is 5.71. The molecule has 180 valence electrons. The summed E-state index contributed by atoms with van der Waals surface area (Å²) < 4.78 is 7.80. The third kappa shape index (κ3) is 4.19. The molecule has 0 unspecified atom stereocenters. The van der Waals surface area contributed by atoms with Gasteiger partial charge in [0.2, 0.25) is 5.91 Å². The molecule has 3 aliphatic rings. The van der Waals surface area contributed by atoms with Crippen LogP contribution < -0.4 is 5.32 Å². The monoisotopic (exact) mass is 455 g/mol. The number of aromatic nitrogens is 1. The number of fused-ring (bicyclic) bond motifs is 3. The average molecular weight is 456 g/mol. The maximum absolute atomic E-state index is 13.8. The van der Waals surface area contributed by atoms with Crippen LogP contribution in [0.1, 0.15) is 55.3 Å². The average Bonchev–Trinajstić information content (AvgIpc) is 3.32. The number of carbonyl (C=O) groups is 2. The molecule has 2 aromatic heterocycles. The third-order valence-corrected chi connectivity index (χ3v) is 7.90. The molecular weight excluding hydrogens is 418 g/mol. The van der Waals surface area contributed by atoms with Gasteiger partial charge in [-0.15, -0.1) is 0 Å². The number of furan rings is 1. The van der Waals surface area contributed by atoms with Crippen molar-refractivity contribution in [1.82, 2.24) is 24.6 Å². The molecule has 5 rings (SSSR count). The highest BCUT2D eigenvalue weighted by Gasteiger charge is 2.48. The maximum Gasteiger partial charge on any atom is 0.271 e. The quantitative estimate of drug-likeness (QED) is 0.750. The minimum absolute atomic E-state index is 0.0335. The molecular formula is C25H37N5O3. The Labute approximate surface area is 195 Å². The summed E-state index contributed by atoms with van der Waals surface area (Å²) in [5.41, 5.74) is 1.29. The second-order valence-electron chi connectivity index (χ2n) is 10.4. The van der Waals surface area contributed by atoms with Gasteiger partial charge in [0, 0.05) is 57.4 Å². The molecule has 2 aromatic rings. The molecule has 0 spiro atoms. The summed E-state index contributed by atoms with van der Waals surface area (Å²) in [6, 6.07) is 4.01. The highest BCUT2D eigenvalue weighted by atomic mass is 16.3. The molecule has 8 heteroatoms. The Balaban J connectivity index is 1.42. The topological polar surface area (TPSA) is 74.0 Å². The lowest BCUT2D eigenvalue weighted by Crippen LogP contribution is -2.66. The largest absolute Gasteiger partial charge is 0.460 e. The predicted molar refractivity (Wildman–Crippen MR) is 127 cm³/mol. The number of likely N-dealkylation sites (N-methyl/N-ethyl adjacent to an activating group) is 1. The van der Waals surface area contributed by atoms with Crippen molar-refractivity contribution in [2.75, 3.05) is 46.3 Å². The number of hydrogen-bond donors (Lipinski definition) is 1. The van der Waals surface area contributed by atoms with Gasteiger partial charge < -0.3 is 24.1 Å². The van der Waals surface area contributed by atoms with Crippen molar-refractivity contribution in [3.8, 4) is 0 Å². The summed E-state index contributed by atoms with van der Waals surface area (Å²) in [6.45, 7) is 9.67. The predicted octanol–water partition coefficient (Wildman–Crippen LogP) is 2.45. The number of rotatable bonds is 5. The molecule has 2 amide bonds. The van der Waals surface area contributed by atoms with Crippen LogP contribution in [0.5, 0.6) is 0 Å². The van der Waals surface area contributed by atoms with Gasteiger partial charge in [-0.25, -0.2) is 0 Å². The zero-order chi connectivity index (χ0) is 23.2. The molecule has 1 atom stereocenters. The molecule has 0 bridgehead atoms. The van der Waals surface area contributed by atoms with E-state index >= 15 is 0 Å². The lowest BCUT2D eigenvalue weighted by atomic mass is 9.91. The lowest BCUT2D eigenvalue weighted by molar-refractivity contribution is -0.134. The molecule has 1 aliphatic carbocycles. The molecule has 1 saturated carbocycles. The van der Waals surface area contributed by atoms with Gasteiger partial charge in [-0.2, -0.15) is 0 Å². The number of amides is 2. The van der Waals surface area contributed by atoms with Crippen molar-refractivity contribution in [3.05, 3.63) is 23.6 Å². The zero-order valence-electron chi connectivity index (χ0n) is 20.2. The first kappa shape index (κ1) is 22.5. The fourth-order valence-corrected chi connectivity index (χ4v) is 5.71. The van der Waals surface area contributed by atoms with E-state index in [0.717, 1.165) is 69.7 Å². The summed E-state index contributed by atoms with van der Waals surface area (Å²) in [7, 11) is 2.14. The highest BCUT2D eigenvalue weighted by molar-refractivity contribution is 6.03. The van der Waals surface area contributed by atoms with E-state index in [1.807, 2.05) is 35.4 Å². The second-order valence-corrected chi connectivity index (χ2v) is 10.4. The molecule has 4 heterocycles. The Kier molecular flexibility index (Phi) is 5.99. The summed E-state index contributed by atoms with van der Waals surface area (Å²) in [5, 5.41) is 3.31. The van der Waals surface area contributed by atoms with Gasteiger partial charge in [-0.05, 0) is 33.7 Å². The molecule has 0 aromatic carbocycles. The van der Waals surface area contributed by atoms with E-state index < -0.39 is 5.54 Å². The second kappa shape index (κ2) is 8.80. The number of piperazine rings is 1. The van der Waals surface area contributed by atoms with E-state index in [9.17, 15) is 9.59 Å². The molecule has 2 aliphatic heterocycles. The van der Waals surface area contributed by atoms with Crippen molar-refractivity contribution in [2.45, 2.75) is 64.1 Å². The molecule has 8 nitrogen and oxygen atoms in total. The van der Waals surface area contributed by atoms with Gasteiger partial charge in [-0.1, -0.05) is 19.3 Å². The van der Waals surface area contributed by atoms with Gasteiger partial charge in [0.25, 0.3) is 5.91 Å². The van der Waals surface area contributed by atoms with Crippen molar-refractivity contribution in [3.63, 3.8) is 0 Å². The standard InChI is InChI=1S/C25H37N5O3/c1-18-15-20-22(33-18)16-21-23(31)30(14-13-28-11-9-27(3)10-12-28)25(2,17-29(20)21)24(32)26-19-7-5-4-6-8-19/h15-16,19H,4-14,17H2,1-3H3,(H,26,32)/t25-/m0/s1. The molecule has 1 N–H and O–H groups in total. The van der Waals surface area contributed by atoms with Crippen LogP contribution in [-0.2, 0) is 11.3 Å². The van der Waals surface area contributed by atoms with Crippen LogP contribution in [0.2, 0.25) is 0 Å². The molecule has 0 radical (unpaired) electrons. The van der Waals surface area contributed by atoms with Gasteiger partial charge in [0.15, 0.2) is 5.58 Å². The Bertz CT molecular complexity index is 1030. The van der Waals surface area contributed by atoms with E-state index in [4.69, 9.17) is 4.42 Å². The summed E-state index contributed by atoms with van der Waals surface area (Å²) in [5.74, 6) is 0.697. The van der Waals surface area contributed by atoms with E-state index in [-0.39, 0.29) is 17.9 Å². The van der Waals surface area contributed by atoms with Crippen LogP contribution in [0.15, 0.2) is 16.5 Å². The Morgan fingerprint density at radius 1 is 1.12 bits per heavy atom. The van der Waals surface area contributed by atoms with E-state index in [1.165, 1.54) is 6.42 Å². The summed E-state index contributed by atoms with van der Waals surface area (Å²) >= 11 is 0. The van der Waals surface area contributed by atoms with Gasteiger partial charge in [0.1, 0.15) is 17.0 Å². The fraction of sp³-hybridized carbons (Fsp3) is 0.680. The number of aryl methyl sites for hydroxylation is 1. The summed E-state index contributed by atoms with van der Waals surface area (Å²) in [4.78, 5) is 34.1. The smallest absolute Gasteiger partial charge is 0.271 e. The van der Waals surface area contributed by atoms with E-state index in [2.05, 4.69) is 22.2 Å².